The Morgan fingerprint density at radius 1 is 1.20 bits per heavy atom. The summed E-state index contributed by atoms with van der Waals surface area (Å²) in [6.45, 7) is 5.20. The maximum absolute atomic E-state index is 5.67. The predicted octanol–water partition coefficient (Wildman–Crippen LogP) is 2.41. The fourth-order valence-corrected chi connectivity index (χ4v) is 2.10. The molecule has 0 amide bonds. The van der Waals surface area contributed by atoms with Crippen LogP contribution in [0.25, 0.3) is 0 Å². The highest BCUT2D eigenvalue weighted by Crippen LogP contribution is 2.08. The van der Waals surface area contributed by atoms with Crippen molar-refractivity contribution < 1.29 is 4.52 Å². The van der Waals surface area contributed by atoms with Crippen molar-refractivity contribution in [1.82, 2.24) is 10.1 Å². The smallest absolute Gasteiger partial charge is 0.150 e. The number of halogens is 1. The first-order valence-corrected chi connectivity index (χ1v) is 6.66. The van der Waals surface area contributed by atoms with E-state index in [1.165, 1.54) is 5.56 Å². The molecule has 0 aliphatic heterocycles. The quantitative estimate of drug-likeness (QED) is 0.852. The molecule has 0 spiro atoms. The first-order valence-electron chi connectivity index (χ1n) is 6.66. The molecule has 2 N–H and O–H groups in total. The van der Waals surface area contributed by atoms with Crippen molar-refractivity contribution in [2.75, 3.05) is 19.6 Å². The van der Waals surface area contributed by atoms with E-state index >= 15 is 0 Å². The van der Waals surface area contributed by atoms with E-state index in [2.05, 4.69) is 34.3 Å². The van der Waals surface area contributed by atoms with Gasteiger partial charge in [0.15, 0.2) is 5.76 Å². The van der Waals surface area contributed by atoms with Crippen molar-refractivity contribution >= 4 is 12.4 Å². The lowest BCUT2D eigenvalue weighted by molar-refractivity contribution is 0.238. The topological polar surface area (TPSA) is 55.3 Å². The van der Waals surface area contributed by atoms with Crippen molar-refractivity contribution in [3.63, 3.8) is 0 Å². The second kappa shape index (κ2) is 8.74. The predicted molar refractivity (Wildman–Crippen MR) is 83.0 cm³/mol. The number of aryl methyl sites for hydroxylation is 1. The maximum Gasteiger partial charge on any atom is 0.150 e. The molecule has 2 aromatic rings. The first kappa shape index (κ1) is 16.7. The van der Waals surface area contributed by atoms with Gasteiger partial charge in [-0.2, -0.15) is 0 Å². The molecule has 2 rings (SSSR count). The number of rotatable bonds is 7. The summed E-state index contributed by atoms with van der Waals surface area (Å²) in [6, 6.07) is 12.5. The van der Waals surface area contributed by atoms with Crippen LogP contribution in [0.3, 0.4) is 0 Å². The monoisotopic (exact) mass is 295 g/mol. The van der Waals surface area contributed by atoms with Crippen LogP contribution in [0.4, 0.5) is 0 Å². The summed E-state index contributed by atoms with van der Waals surface area (Å²) in [7, 11) is 0. The minimum atomic E-state index is 0. The number of benzene rings is 1. The highest BCUT2D eigenvalue weighted by atomic mass is 35.5. The fraction of sp³-hybridized carbons (Fsp3) is 0.400. The summed E-state index contributed by atoms with van der Waals surface area (Å²) < 4.78 is 5.26. The Labute approximate surface area is 126 Å². The van der Waals surface area contributed by atoms with Crippen LogP contribution < -0.4 is 5.73 Å². The summed E-state index contributed by atoms with van der Waals surface area (Å²) in [4.78, 5) is 2.30. The molecule has 0 bridgehead atoms. The van der Waals surface area contributed by atoms with E-state index in [0.717, 1.165) is 37.5 Å². The van der Waals surface area contributed by atoms with Gasteiger partial charge in [-0.25, -0.2) is 0 Å². The van der Waals surface area contributed by atoms with E-state index in [4.69, 9.17) is 10.3 Å². The van der Waals surface area contributed by atoms with Crippen molar-refractivity contribution in [2.45, 2.75) is 19.9 Å². The van der Waals surface area contributed by atoms with Crippen LogP contribution in [0.5, 0.6) is 0 Å². The highest BCUT2D eigenvalue weighted by Gasteiger charge is 2.09. The zero-order valence-corrected chi connectivity index (χ0v) is 12.6. The van der Waals surface area contributed by atoms with Crippen LogP contribution in [-0.4, -0.2) is 29.7 Å². The molecule has 0 fully saturated rings. The zero-order valence-electron chi connectivity index (χ0n) is 11.8. The van der Waals surface area contributed by atoms with Crippen LogP contribution in [0.15, 0.2) is 40.9 Å². The molecule has 0 saturated heterocycles. The largest absolute Gasteiger partial charge is 0.360 e. The number of hydrogen-bond acceptors (Lipinski definition) is 4. The first-order chi connectivity index (χ1) is 9.28. The third-order valence-electron chi connectivity index (χ3n) is 3.06. The van der Waals surface area contributed by atoms with Crippen molar-refractivity contribution in [3.05, 3.63) is 53.4 Å². The maximum atomic E-state index is 5.67. The highest BCUT2D eigenvalue weighted by molar-refractivity contribution is 5.85. The standard InChI is InChI=1S/C15H21N3O.ClH/c1-13-11-15(19-17-13)12-18(10-8-16)9-7-14-5-3-2-4-6-14;/h2-6,11H,7-10,12,16H2,1H3;1H. The summed E-state index contributed by atoms with van der Waals surface area (Å²) in [5, 5.41) is 3.92. The van der Waals surface area contributed by atoms with Crippen molar-refractivity contribution in [2.24, 2.45) is 5.73 Å². The number of nitrogens with two attached hydrogens (primary N) is 1. The molecule has 0 unspecified atom stereocenters. The molecule has 0 atom stereocenters. The van der Waals surface area contributed by atoms with Crippen molar-refractivity contribution in [3.8, 4) is 0 Å². The van der Waals surface area contributed by atoms with Gasteiger partial charge in [0.25, 0.3) is 0 Å². The molecule has 110 valence electrons. The van der Waals surface area contributed by atoms with E-state index in [1.807, 2.05) is 19.1 Å². The summed E-state index contributed by atoms with van der Waals surface area (Å²) in [6.07, 6.45) is 1.02. The van der Waals surface area contributed by atoms with E-state index in [0.29, 0.717) is 6.54 Å². The van der Waals surface area contributed by atoms with Gasteiger partial charge in [0.2, 0.25) is 0 Å². The zero-order chi connectivity index (χ0) is 13.5. The number of nitrogens with zero attached hydrogens (tertiary/aromatic N) is 2. The molecule has 1 heterocycles. The van der Waals surface area contributed by atoms with Crippen LogP contribution in [0, 0.1) is 6.92 Å². The van der Waals surface area contributed by atoms with E-state index in [-0.39, 0.29) is 12.4 Å². The molecule has 20 heavy (non-hydrogen) atoms. The molecular weight excluding hydrogens is 274 g/mol. The van der Waals surface area contributed by atoms with Crippen LogP contribution in [0.2, 0.25) is 0 Å². The molecule has 1 aromatic heterocycles. The second-order valence-electron chi connectivity index (χ2n) is 4.74. The lowest BCUT2D eigenvalue weighted by atomic mass is 10.1. The number of aromatic nitrogens is 1. The summed E-state index contributed by atoms with van der Waals surface area (Å²) in [5.41, 5.74) is 7.94. The summed E-state index contributed by atoms with van der Waals surface area (Å²) in [5.74, 6) is 0.902. The van der Waals surface area contributed by atoms with Gasteiger partial charge >= 0.3 is 0 Å². The molecule has 0 aliphatic rings. The van der Waals surface area contributed by atoms with E-state index in [1.54, 1.807) is 0 Å². The van der Waals surface area contributed by atoms with Crippen LogP contribution in [-0.2, 0) is 13.0 Å². The second-order valence-corrected chi connectivity index (χ2v) is 4.74. The van der Waals surface area contributed by atoms with E-state index in [9.17, 15) is 0 Å². The molecule has 0 radical (unpaired) electrons. The molecular formula is C15H22ClN3O. The normalized spacial score (nSPS) is 10.6. The fourth-order valence-electron chi connectivity index (χ4n) is 2.10. The van der Waals surface area contributed by atoms with Crippen LogP contribution in [0.1, 0.15) is 17.0 Å². The van der Waals surface area contributed by atoms with Gasteiger partial charge < -0.3 is 10.3 Å². The van der Waals surface area contributed by atoms with Crippen molar-refractivity contribution in [1.29, 1.82) is 0 Å². The van der Waals surface area contributed by atoms with Gasteiger partial charge in [0, 0.05) is 25.7 Å². The molecule has 0 aliphatic carbocycles. The molecule has 5 heteroatoms. The van der Waals surface area contributed by atoms with Crippen LogP contribution >= 0.6 is 12.4 Å². The molecule has 0 saturated carbocycles. The van der Waals surface area contributed by atoms with Gasteiger partial charge in [-0.05, 0) is 18.9 Å². The Kier molecular flexibility index (Phi) is 7.30. The van der Waals surface area contributed by atoms with E-state index < -0.39 is 0 Å². The SMILES string of the molecule is Cc1cc(CN(CCN)CCc2ccccc2)on1.Cl. The van der Waals surface area contributed by atoms with Gasteiger partial charge in [0.1, 0.15) is 0 Å². The Morgan fingerprint density at radius 3 is 2.55 bits per heavy atom. The Balaban J connectivity index is 0.00000200. The minimum absolute atomic E-state index is 0. The number of hydrogen-bond donors (Lipinski definition) is 1. The van der Waals surface area contributed by atoms with Gasteiger partial charge in [0.05, 0.1) is 12.2 Å². The molecule has 4 nitrogen and oxygen atoms in total. The van der Waals surface area contributed by atoms with Gasteiger partial charge in [-0.1, -0.05) is 35.5 Å². The summed E-state index contributed by atoms with van der Waals surface area (Å²) >= 11 is 0. The Hall–Kier alpha value is -1.36. The lowest BCUT2D eigenvalue weighted by Gasteiger charge is -2.19. The molecule has 1 aromatic carbocycles. The lowest BCUT2D eigenvalue weighted by Crippen LogP contribution is -2.30. The third-order valence-corrected chi connectivity index (χ3v) is 3.06. The third kappa shape index (κ3) is 5.33. The minimum Gasteiger partial charge on any atom is -0.360 e. The average Bonchev–Trinajstić information content (AvgIpc) is 2.83. The average molecular weight is 296 g/mol. The van der Waals surface area contributed by atoms with Gasteiger partial charge in [-0.3, -0.25) is 4.90 Å². The Morgan fingerprint density at radius 2 is 1.95 bits per heavy atom. The van der Waals surface area contributed by atoms with Gasteiger partial charge in [-0.15, -0.1) is 12.4 Å². The Bertz CT molecular complexity index is 487.